The van der Waals surface area contributed by atoms with E-state index in [0.717, 1.165) is 18.8 Å². The van der Waals surface area contributed by atoms with E-state index >= 15 is 0 Å². The van der Waals surface area contributed by atoms with Crippen LogP contribution in [0.25, 0.3) is 0 Å². The highest BCUT2D eigenvalue weighted by atomic mass is 32.2. The van der Waals surface area contributed by atoms with Crippen molar-refractivity contribution in [3.05, 3.63) is 0 Å². The van der Waals surface area contributed by atoms with Gasteiger partial charge in [-0.2, -0.15) is 0 Å². The Balaban J connectivity index is 2.05. The van der Waals surface area contributed by atoms with Crippen LogP contribution in [-0.4, -0.2) is 30.2 Å². The third kappa shape index (κ3) is 2.19. The minimum atomic E-state index is 0.256. The predicted molar refractivity (Wildman–Crippen MR) is 43.6 cm³/mol. The molecule has 1 aliphatic heterocycles. The fourth-order valence-electron chi connectivity index (χ4n) is 0.662. The van der Waals surface area contributed by atoms with Crippen molar-refractivity contribution in [2.24, 2.45) is 0 Å². The zero-order valence-corrected chi connectivity index (χ0v) is 6.83. The highest BCUT2D eigenvalue weighted by Crippen LogP contribution is 2.07. The zero-order valence-electron chi connectivity index (χ0n) is 6.02. The van der Waals surface area contributed by atoms with Crippen LogP contribution in [0.5, 0.6) is 0 Å². The number of nitrogens with one attached hydrogen (secondary N) is 2. The summed E-state index contributed by atoms with van der Waals surface area (Å²) in [6.45, 7) is 3.81. The smallest absolute Gasteiger partial charge is 0.243 e. The quantitative estimate of drug-likeness (QED) is 0.461. The van der Waals surface area contributed by atoms with E-state index in [4.69, 9.17) is 10.1 Å². The van der Waals surface area contributed by atoms with Gasteiger partial charge in [0.05, 0.1) is 0 Å². The number of ether oxygens (including phenoxy) is 1. The van der Waals surface area contributed by atoms with E-state index in [9.17, 15) is 0 Å². The molecule has 0 radical (unpaired) electrons. The number of rotatable bonds is 2. The average molecular weight is 160 g/mol. The normalized spacial score (nSPS) is 18.1. The first-order chi connectivity index (χ1) is 4.83. The van der Waals surface area contributed by atoms with Crippen molar-refractivity contribution < 1.29 is 4.74 Å². The van der Waals surface area contributed by atoms with Crippen LogP contribution in [0.15, 0.2) is 0 Å². The minimum absolute atomic E-state index is 0.256. The van der Waals surface area contributed by atoms with Gasteiger partial charge >= 0.3 is 0 Å². The van der Waals surface area contributed by atoms with Gasteiger partial charge in [-0.15, -0.1) is 0 Å². The Morgan fingerprint density at radius 2 is 2.50 bits per heavy atom. The standard InChI is InChI=1S/C6H12N2OS/c1-2-10-6(7)9-5-3-8-4-5/h5,7-8H,2-4H2,1H3. The molecule has 0 aromatic heterocycles. The molecule has 58 valence electrons. The first kappa shape index (κ1) is 7.88. The molecule has 1 aliphatic rings. The number of thioether (sulfide) groups is 1. The van der Waals surface area contributed by atoms with Gasteiger partial charge in [-0.05, 0) is 5.75 Å². The zero-order chi connectivity index (χ0) is 7.40. The summed E-state index contributed by atoms with van der Waals surface area (Å²) in [4.78, 5) is 0. The molecule has 0 amide bonds. The minimum Gasteiger partial charge on any atom is -0.467 e. The lowest BCUT2D eigenvalue weighted by atomic mass is 10.2. The van der Waals surface area contributed by atoms with Crippen LogP contribution in [0, 0.1) is 5.41 Å². The van der Waals surface area contributed by atoms with E-state index in [0.29, 0.717) is 5.23 Å². The van der Waals surface area contributed by atoms with Gasteiger partial charge in [0, 0.05) is 13.1 Å². The fourth-order valence-corrected chi connectivity index (χ4v) is 1.13. The molecule has 0 atom stereocenters. The molecule has 1 heterocycles. The van der Waals surface area contributed by atoms with Crippen molar-refractivity contribution in [1.82, 2.24) is 5.32 Å². The summed E-state index contributed by atoms with van der Waals surface area (Å²) < 4.78 is 5.21. The predicted octanol–water partition coefficient (Wildman–Crippen LogP) is 0.663. The summed E-state index contributed by atoms with van der Waals surface area (Å²) in [5.74, 6) is 0.916. The van der Waals surface area contributed by atoms with Gasteiger partial charge in [-0.1, -0.05) is 18.7 Å². The van der Waals surface area contributed by atoms with E-state index in [2.05, 4.69) is 5.32 Å². The monoisotopic (exact) mass is 160 g/mol. The molecular weight excluding hydrogens is 148 g/mol. The number of hydrogen-bond donors (Lipinski definition) is 2. The second kappa shape index (κ2) is 3.83. The summed E-state index contributed by atoms with van der Waals surface area (Å²) in [6, 6.07) is 0. The summed E-state index contributed by atoms with van der Waals surface area (Å²) in [6.07, 6.45) is 0.256. The van der Waals surface area contributed by atoms with Gasteiger partial charge in [-0.25, -0.2) is 0 Å². The molecular formula is C6H12N2OS. The molecule has 2 N–H and O–H groups in total. The molecule has 3 nitrogen and oxygen atoms in total. The van der Waals surface area contributed by atoms with E-state index in [1.807, 2.05) is 6.92 Å². The highest BCUT2D eigenvalue weighted by Gasteiger charge is 2.18. The molecule has 1 saturated heterocycles. The van der Waals surface area contributed by atoms with Crippen LogP contribution in [0.1, 0.15) is 6.92 Å². The Labute approximate surface area is 65.0 Å². The maximum atomic E-state index is 7.27. The third-order valence-electron chi connectivity index (χ3n) is 1.29. The van der Waals surface area contributed by atoms with Crippen molar-refractivity contribution in [3.63, 3.8) is 0 Å². The first-order valence-corrected chi connectivity index (χ1v) is 4.40. The van der Waals surface area contributed by atoms with Crippen molar-refractivity contribution in [2.75, 3.05) is 18.8 Å². The Kier molecular flexibility index (Phi) is 3.02. The van der Waals surface area contributed by atoms with E-state index in [1.54, 1.807) is 0 Å². The van der Waals surface area contributed by atoms with Gasteiger partial charge in [0.2, 0.25) is 5.23 Å². The van der Waals surface area contributed by atoms with Crippen LogP contribution < -0.4 is 5.32 Å². The Bertz CT molecular complexity index is 125. The average Bonchev–Trinajstić information content (AvgIpc) is 1.80. The van der Waals surface area contributed by atoms with Crippen LogP contribution in [0.2, 0.25) is 0 Å². The van der Waals surface area contributed by atoms with Gasteiger partial charge in [0.15, 0.2) is 0 Å². The van der Waals surface area contributed by atoms with Crippen LogP contribution >= 0.6 is 11.8 Å². The molecule has 0 unspecified atom stereocenters. The second-order valence-electron chi connectivity index (χ2n) is 2.12. The molecule has 0 saturated carbocycles. The lowest BCUT2D eigenvalue weighted by Crippen LogP contribution is -2.49. The van der Waals surface area contributed by atoms with Crippen molar-refractivity contribution >= 4 is 17.0 Å². The van der Waals surface area contributed by atoms with E-state index < -0.39 is 0 Å². The van der Waals surface area contributed by atoms with Crippen molar-refractivity contribution in [2.45, 2.75) is 13.0 Å². The summed E-state index contributed by atoms with van der Waals surface area (Å²) in [7, 11) is 0. The Morgan fingerprint density at radius 3 is 2.90 bits per heavy atom. The third-order valence-corrected chi connectivity index (χ3v) is 1.94. The van der Waals surface area contributed by atoms with Gasteiger partial charge in [0.1, 0.15) is 6.10 Å². The molecule has 1 fully saturated rings. The fraction of sp³-hybridized carbons (Fsp3) is 0.833. The maximum Gasteiger partial charge on any atom is 0.243 e. The molecule has 4 heteroatoms. The van der Waals surface area contributed by atoms with Crippen LogP contribution in [0.3, 0.4) is 0 Å². The topological polar surface area (TPSA) is 45.1 Å². The highest BCUT2D eigenvalue weighted by molar-refractivity contribution is 8.13. The lowest BCUT2D eigenvalue weighted by Gasteiger charge is -2.27. The molecule has 0 spiro atoms. The molecule has 0 aromatic rings. The summed E-state index contributed by atoms with van der Waals surface area (Å²) >= 11 is 1.44. The molecule has 0 bridgehead atoms. The van der Waals surface area contributed by atoms with Crippen LogP contribution in [-0.2, 0) is 4.74 Å². The van der Waals surface area contributed by atoms with Gasteiger partial charge < -0.3 is 10.1 Å². The molecule has 0 aromatic carbocycles. The van der Waals surface area contributed by atoms with Crippen molar-refractivity contribution in [1.29, 1.82) is 5.41 Å². The second-order valence-corrected chi connectivity index (χ2v) is 3.36. The maximum absolute atomic E-state index is 7.27. The van der Waals surface area contributed by atoms with Gasteiger partial charge in [0.25, 0.3) is 0 Å². The Morgan fingerprint density at radius 1 is 1.80 bits per heavy atom. The Hall–Kier alpha value is -0.220. The summed E-state index contributed by atoms with van der Waals surface area (Å²) in [5.41, 5.74) is 0. The van der Waals surface area contributed by atoms with Crippen LogP contribution in [0.4, 0.5) is 0 Å². The summed E-state index contributed by atoms with van der Waals surface area (Å²) in [5, 5.41) is 10.7. The van der Waals surface area contributed by atoms with Crippen molar-refractivity contribution in [3.8, 4) is 0 Å². The van der Waals surface area contributed by atoms with E-state index in [1.165, 1.54) is 11.8 Å². The van der Waals surface area contributed by atoms with Gasteiger partial charge in [-0.3, -0.25) is 5.41 Å². The molecule has 0 aliphatic carbocycles. The first-order valence-electron chi connectivity index (χ1n) is 3.41. The largest absolute Gasteiger partial charge is 0.467 e. The van der Waals surface area contributed by atoms with E-state index in [-0.39, 0.29) is 6.10 Å². The SMILES string of the molecule is CCSC(=N)OC1CNC1. The molecule has 10 heavy (non-hydrogen) atoms. The lowest BCUT2D eigenvalue weighted by molar-refractivity contribution is 0.134. The number of hydrogen-bond acceptors (Lipinski definition) is 4. The molecule has 1 rings (SSSR count).